The Kier molecular flexibility index (Phi) is 6.36. The van der Waals surface area contributed by atoms with Crippen LogP contribution in [0.2, 0.25) is 0 Å². The van der Waals surface area contributed by atoms with Gasteiger partial charge in [-0.05, 0) is 54.0 Å². The largest absolute Gasteiger partial charge is 0.489 e. The van der Waals surface area contributed by atoms with Gasteiger partial charge < -0.3 is 14.6 Å². The monoisotopic (exact) mass is 498 g/mol. The van der Waals surface area contributed by atoms with Gasteiger partial charge in [0.25, 0.3) is 5.91 Å². The molecule has 9 heteroatoms. The summed E-state index contributed by atoms with van der Waals surface area (Å²) in [5.74, 6) is 0.935. The standard InChI is InChI=1S/C23H20BrFN4O3/c1-14-19(15(2)32-28-14)13-31-18-8-5-7-16(10-18)23(30)26-22-20(24)12-29(27-22)11-17-6-3-4-9-21(17)25/h3-10,12H,11,13H2,1-2H3,(H,26,27,30). The topological polar surface area (TPSA) is 82.2 Å². The van der Waals surface area contributed by atoms with E-state index in [4.69, 9.17) is 9.26 Å². The van der Waals surface area contributed by atoms with Gasteiger partial charge >= 0.3 is 0 Å². The number of amides is 1. The van der Waals surface area contributed by atoms with Crippen LogP contribution < -0.4 is 10.1 Å². The first-order valence-corrected chi connectivity index (χ1v) is 10.6. The van der Waals surface area contributed by atoms with Crippen molar-refractivity contribution in [1.29, 1.82) is 0 Å². The lowest BCUT2D eigenvalue weighted by Gasteiger charge is -2.08. The Morgan fingerprint density at radius 3 is 2.78 bits per heavy atom. The lowest BCUT2D eigenvalue weighted by atomic mass is 10.2. The van der Waals surface area contributed by atoms with Crippen LogP contribution in [0.1, 0.15) is 32.9 Å². The zero-order valence-electron chi connectivity index (χ0n) is 17.4. The fourth-order valence-corrected chi connectivity index (χ4v) is 3.55. The van der Waals surface area contributed by atoms with Crippen LogP contribution in [0.25, 0.3) is 0 Å². The molecule has 0 aliphatic rings. The van der Waals surface area contributed by atoms with E-state index in [2.05, 4.69) is 31.5 Å². The molecule has 2 aromatic heterocycles. The highest BCUT2D eigenvalue weighted by Gasteiger charge is 2.15. The molecule has 1 N–H and O–H groups in total. The molecule has 0 atom stereocenters. The van der Waals surface area contributed by atoms with E-state index < -0.39 is 0 Å². The lowest BCUT2D eigenvalue weighted by Crippen LogP contribution is -2.13. The van der Waals surface area contributed by atoms with Gasteiger partial charge in [-0.3, -0.25) is 9.48 Å². The molecule has 0 bridgehead atoms. The Balaban J connectivity index is 1.43. The normalized spacial score (nSPS) is 10.9. The molecule has 0 saturated heterocycles. The van der Waals surface area contributed by atoms with E-state index in [1.54, 1.807) is 53.3 Å². The van der Waals surface area contributed by atoms with E-state index >= 15 is 0 Å². The molecular formula is C23H20BrFN4O3. The summed E-state index contributed by atoms with van der Waals surface area (Å²) in [6.07, 6.45) is 1.69. The number of carbonyl (C=O) groups excluding carboxylic acids is 1. The summed E-state index contributed by atoms with van der Waals surface area (Å²) in [5, 5.41) is 11.0. The van der Waals surface area contributed by atoms with Crippen molar-refractivity contribution in [2.75, 3.05) is 5.32 Å². The average molecular weight is 499 g/mol. The van der Waals surface area contributed by atoms with Crippen molar-refractivity contribution in [2.45, 2.75) is 27.0 Å². The van der Waals surface area contributed by atoms with Crippen LogP contribution in [-0.4, -0.2) is 20.8 Å². The minimum atomic E-state index is -0.343. The van der Waals surface area contributed by atoms with Gasteiger partial charge in [0.2, 0.25) is 0 Å². The Morgan fingerprint density at radius 2 is 2.03 bits per heavy atom. The fraction of sp³-hybridized carbons (Fsp3) is 0.174. The number of carbonyl (C=O) groups is 1. The predicted molar refractivity (Wildman–Crippen MR) is 120 cm³/mol. The Labute approximate surface area is 192 Å². The van der Waals surface area contributed by atoms with Gasteiger partial charge in [0.15, 0.2) is 5.82 Å². The van der Waals surface area contributed by atoms with Gasteiger partial charge in [-0.2, -0.15) is 5.10 Å². The molecular weight excluding hydrogens is 479 g/mol. The first-order valence-electron chi connectivity index (χ1n) is 9.83. The highest BCUT2D eigenvalue weighted by atomic mass is 79.9. The molecule has 0 aliphatic heterocycles. The maximum atomic E-state index is 13.9. The Hall–Kier alpha value is -3.46. The van der Waals surface area contributed by atoms with Crippen LogP contribution in [0, 0.1) is 19.7 Å². The van der Waals surface area contributed by atoms with Crippen LogP contribution in [0.5, 0.6) is 5.75 Å². The molecule has 0 aliphatic carbocycles. The molecule has 0 radical (unpaired) electrons. The van der Waals surface area contributed by atoms with Crippen molar-refractivity contribution in [3.8, 4) is 5.75 Å². The van der Waals surface area contributed by atoms with E-state index in [1.165, 1.54) is 6.07 Å². The van der Waals surface area contributed by atoms with Crippen molar-refractivity contribution in [3.05, 3.63) is 93.2 Å². The Bertz CT molecular complexity index is 1250. The van der Waals surface area contributed by atoms with Gasteiger partial charge in [0.1, 0.15) is 23.9 Å². The molecule has 2 heterocycles. The first-order chi connectivity index (χ1) is 15.4. The molecule has 0 fully saturated rings. The number of benzene rings is 2. The number of hydrogen-bond donors (Lipinski definition) is 1. The molecule has 1 amide bonds. The molecule has 0 spiro atoms. The molecule has 4 rings (SSSR count). The summed E-state index contributed by atoms with van der Waals surface area (Å²) in [4.78, 5) is 12.8. The average Bonchev–Trinajstić information content (AvgIpc) is 3.29. The summed E-state index contributed by atoms with van der Waals surface area (Å²) >= 11 is 3.39. The lowest BCUT2D eigenvalue weighted by molar-refractivity contribution is 0.102. The molecule has 164 valence electrons. The summed E-state index contributed by atoms with van der Waals surface area (Å²) < 4.78 is 27.0. The zero-order chi connectivity index (χ0) is 22.7. The second-order valence-electron chi connectivity index (χ2n) is 7.19. The van der Waals surface area contributed by atoms with Crippen LogP contribution in [0.3, 0.4) is 0 Å². The summed E-state index contributed by atoms with van der Waals surface area (Å²) in [5.41, 5.74) is 2.57. The number of anilines is 1. The number of hydrogen-bond acceptors (Lipinski definition) is 5. The van der Waals surface area contributed by atoms with Gasteiger partial charge in [0, 0.05) is 17.3 Å². The highest BCUT2D eigenvalue weighted by Crippen LogP contribution is 2.23. The van der Waals surface area contributed by atoms with Crippen LogP contribution in [0.4, 0.5) is 10.2 Å². The number of nitrogens with one attached hydrogen (secondary N) is 1. The maximum absolute atomic E-state index is 13.9. The van der Waals surface area contributed by atoms with Crippen LogP contribution in [0.15, 0.2) is 63.7 Å². The maximum Gasteiger partial charge on any atom is 0.257 e. The number of ether oxygens (including phenoxy) is 1. The minimum absolute atomic E-state index is 0.242. The second kappa shape index (κ2) is 9.35. The number of aryl methyl sites for hydroxylation is 2. The van der Waals surface area contributed by atoms with E-state index in [0.29, 0.717) is 32.9 Å². The highest BCUT2D eigenvalue weighted by molar-refractivity contribution is 9.10. The van der Waals surface area contributed by atoms with Crippen LogP contribution in [-0.2, 0) is 13.2 Å². The summed E-state index contributed by atoms with van der Waals surface area (Å²) in [6, 6.07) is 13.3. The Morgan fingerprint density at radius 1 is 1.22 bits per heavy atom. The third-order valence-corrected chi connectivity index (χ3v) is 5.48. The molecule has 32 heavy (non-hydrogen) atoms. The third kappa shape index (κ3) is 4.88. The van der Waals surface area contributed by atoms with Gasteiger partial charge in [-0.15, -0.1) is 0 Å². The van der Waals surface area contributed by atoms with E-state index in [1.807, 2.05) is 13.8 Å². The number of nitrogens with zero attached hydrogens (tertiary/aromatic N) is 3. The fourth-order valence-electron chi connectivity index (χ4n) is 3.13. The van der Waals surface area contributed by atoms with E-state index in [0.717, 1.165) is 11.3 Å². The van der Waals surface area contributed by atoms with Gasteiger partial charge in [-0.25, -0.2) is 4.39 Å². The number of rotatable bonds is 7. The number of halogens is 2. The van der Waals surface area contributed by atoms with Gasteiger partial charge in [0.05, 0.1) is 22.3 Å². The first kappa shape index (κ1) is 21.8. The number of aromatic nitrogens is 3. The molecule has 0 saturated carbocycles. The zero-order valence-corrected chi connectivity index (χ0v) is 19.0. The predicted octanol–water partition coefficient (Wildman–Crippen LogP) is 5.27. The van der Waals surface area contributed by atoms with E-state index in [9.17, 15) is 9.18 Å². The molecule has 2 aromatic carbocycles. The summed E-state index contributed by atoms with van der Waals surface area (Å²) in [7, 11) is 0. The third-order valence-electron chi connectivity index (χ3n) is 4.90. The SMILES string of the molecule is Cc1noc(C)c1COc1cccc(C(=O)Nc2nn(Cc3ccccc3F)cc2Br)c1. The minimum Gasteiger partial charge on any atom is -0.489 e. The van der Waals surface area contributed by atoms with Gasteiger partial charge in [-0.1, -0.05) is 29.4 Å². The van der Waals surface area contributed by atoms with Crippen molar-refractivity contribution in [1.82, 2.24) is 14.9 Å². The van der Waals surface area contributed by atoms with Crippen molar-refractivity contribution < 1.29 is 18.4 Å². The molecule has 0 unspecified atom stereocenters. The van der Waals surface area contributed by atoms with Crippen molar-refractivity contribution in [2.24, 2.45) is 0 Å². The van der Waals surface area contributed by atoms with Crippen LogP contribution >= 0.6 is 15.9 Å². The molecule has 7 nitrogen and oxygen atoms in total. The summed E-state index contributed by atoms with van der Waals surface area (Å²) in [6.45, 7) is 4.21. The quantitative estimate of drug-likeness (QED) is 0.375. The van der Waals surface area contributed by atoms with E-state index in [-0.39, 0.29) is 24.9 Å². The smallest absolute Gasteiger partial charge is 0.257 e. The second-order valence-corrected chi connectivity index (χ2v) is 8.04. The van der Waals surface area contributed by atoms with Crippen molar-refractivity contribution in [3.63, 3.8) is 0 Å². The van der Waals surface area contributed by atoms with Crippen molar-refractivity contribution >= 4 is 27.7 Å². The molecule has 4 aromatic rings.